The zero-order valence-electron chi connectivity index (χ0n) is 11.6. The molecule has 104 valence electrons. The standard InChI is InChI=1S/C15H22N2O2/c1-12-6-5-7-13(10-12)16-14(18)17(2)11-15(19)8-3-4-9-15/h5-7,10,19H,3-4,8-9,11H2,1-2H3,(H,16,18). The Bertz CT molecular complexity index is 453. The summed E-state index contributed by atoms with van der Waals surface area (Å²) in [5, 5.41) is 13.1. The third kappa shape index (κ3) is 3.70. The molecule has 0 spiro atoms. The van der Waals surface area contributed by atoms with Gasteiger partial charge in [0, 0.05) is 12.7 Å². The molecule has 0 aliphatic heterocycles. The minimum absolute atomic E-state index is 0.175. The summed E-state index contributed by atoms with van der Waals surface area (Å²) in [7, 11) is 1.72. The average molecular weight is 262 g/mol. The fourth-order valence-corrected chi connectivity index (χ4v) is 2.65. The first-order valence-corrected chi connectivity index (χ1v) is 6.80. The maximum Gasteiger partial charge on any atom is 0.321 e. The van der Waals surface area contributed by atoms with Gasteiger partial charge < -0.3 is 15.3 Å². The lowest BCUT2D eigenvalue weighted by molar-refractivity contribution is 0.0261. The molecular weight excluding hydrogens is 240 g/mol. The molecule has 1 aliphatic carbocycles. The van der Waals surface area contributed by atoms with Gasteiger partial charge in [-0.25, -0.2) is 4.79 Å². The number of amides is 2. The van der Waals surface area contributed by atoms with Gasteiger partial charge in [-0.2, -0.15) is 0 Å². The first kappa shape index (κ1) is 13.9. The lowest BCUT2D eigenvalue weighted by Crippen LogP contribution is -2.43. The smallest absolute Gasteiger partial charge is 0.321 e. The Morgan fingerprint density at radius 1 is 1.42 bits per heavy atom. The van der Waals surface area contributed by atoms with E-state index in [9.17, 15) is 9.90 Å². The second-order valence-electron chi connectivity index (χ2n) is 5.59. The molecule has 0 saturated heterocycles. The van der Waals surface area contributed by atoms with E-state index in [1.165, 1.54) is 0 Å². The van der Waals surface area contributed by atoms with Crippen LogP contribution >= 0.6 is 0 Å². The fraction of sp³-hybridized carbons (Fsp3) is 0.533. The number of hydrogen-bond acceptors (Lipinski definition) is 2. The van der Waals surface area contributed by atoms with Crippen LogP contribution in [0.4, 0.5) is 10.5 Å². The van der Waals surface area contributed by atoms with Crippen molar-refractivity contribution in [2.75, 3.05) is 18.9 Å². The van der Waals surface area contributed by atoms with E-state index in [1.54, 1.807) is 11.9 Å². The SMILES string of the molecule is Cc1cccc(NC(=O)N(C)CC2(O)CCCC2)c1. The van der Waals surface area contributed by atoms with Crippen LogP contribution in [0.3, 0.4) is 0 Å². The van der Waals surface area contributed by atoms with Crippen LogP contribution in [-0.2, 0) is 0 Å². The predicted molar refractivity (Wildman–Crippen MR) is 76.2 cm³/mol. The van der Waals surface area contributed by atoms with Crippen molar-refractivity contribution in [3.05, 3.63) is 29.8 Å². The number of benzene rings is 1. The number of nitrogens with one attached hydrogen (secondary N) is 1. The molecule has 1 aromatic rings. The number of urea groups is 1. The zero-order chi connectivity index (χ0) is 13.9. The Morgan fingerprint density at radius 2 is 2.11 bits per heavy atom. The minimum atomic E-state index is -0.696. The van der Waals surface area contributed by atoms with E-state index in [-0.39, 0.29) is 6.03 Å². The Hall–Kier alpha value is -1.55. The molecule has 0 radical (unpaired) electrons. The molecule has 0 unspecified atom stereocenters. The molecule has 1 fully saturated rings. The maximum absolute atomic E-state index is 12.1. The predicted octanol–water partition coefficient (Wildman–Crippen LogP) is 2.76. The number of hydrogen-bond donors (Lipinski definition) is 2. The highest BCUT2D eigenvalue weighted by molar-refractivity contribution is 5.89. The van der Waals surface area contributed by atoms with Crippen molar-refractivity contribution < 1.29 is 9.90 Å². The number of anilines is 1. The number of aryl methyl sites for hydroxylation is 1. The van der Waals surface area contributed by atoms with Gasteiger partial charge in [-0.3, -0.25) is 0 Å². The van der Waals surface area contributed by atoms with Gasteiger partial charge in [-0.1, -0.05) is 25.0 Å². The van der Waals surface area contributed by atoms with Crippen molar-refractivity contribution in [2.24, 2.45) is 0 Å². The number of rotatable bonds is 3. The maximum atomic E-state index is 12.1. The average Bonchev–Trinajstić information content (AvgIpc) is 2.75. The van der Waals surface area contributed by atoms with Crippen molar-refractivity contribution in [3.8, 4) is 0 Å². The quantitative estimate of drug-likeness (QED) is 0.880. The van der Waals surface area contributed by atoms with Crippen molar-refractivity contribution in [3.63, 3.8) is 0 Å². The molecular formula is C15H22N2O2. The molecule has 2 amide bonds. The monoisotopic (exact) mass is 262 g/mol. The number of carbonyl (C=O) groups is 1. The highest BCUT2D eigenvalue weighted by Crippen LogP contribution is 2.30. The molecule has 0 aromatic heterocycles. The van der Waals surface area contributed by atoms with Gasteiger partial charge in [-0.05, 0) is 37.5 Å². The summed E-state index contributed by atoms with van der Waals surface area (Å²) in [6.07, 6.45) is 3.66. The van der Waals surface area contributed by atoms with E-state index in [4.69, 9.17) is 0 Å². The van der Waals surface area contributed by atoms with Crippen LogP contribution < -0.4 is 5.32 Å². The third-order valence-electron chi connectivity index (χ3n) is 3.68. The van der Waals surface area contributed by atoms with Crippen LogP contribution in [0.25, 0.3) is 0 Å². The van der Waals surface area contributed by atoms with E-state index in [0.717, 1.165) is 36.9 Å². The molecule has 2 rings (SSSR count). The second-order valence-corrected chi connectivity index (χ2v) is 5.59. The van der Waals surface area contributed by atoms with Crippen LogP contribution in [0.15, 0.2) is 24.3 Å². The molecule has 2 N–H and O–H groups in total. The van der Waals surface area contributed by atoms with Crippen molar-refractivity contribution in [2.45, 2.75) is 38.2 Å². The number of aliphatic hydroxyl groups is 1. The third-order valence-corrected chi connectivity index (χ3v) is 3.68. The molecule has 4 nitrogen and oxygen atoms in total. The molecule has 19 heavy (non-hydrogen) atoms. The summed E-state index contributed by atoms with van der Waals surface area (Å²) in [6.45, 7) is 2.38. The van der Waals surface area contributed by atoms with Crippen LogP contribution in [0, 0.1) is 6.92 Å². The van der Waals surface area contributed by atoms with E-state index >= 15 is 0 Å². The largest absolute Gasteiger partial charge is 0.388 e. The van der Waals surface area contributed by atoms with E-state index in [0.29, 0.717) is 6.54 Å². The van der Waals surface area contributed by atoms with Crippen molar-refractivity contribution >= 4 is 11.7 Å². The molecule has 1 aromatic carbocycles. The lowest BCUT2D eigenvalue weighted by atomic mass is 10.0. The van der Waals surface area contributed by atoms with Gasteiger partial charge in [0.15, 0.2) is 0 Å². The van der Waals surface area contributed by atoms with Gasteiger partial charge in [-0.15, -0.1) is 0 Å². The Labute approximate surface area is 114 Å². The van der Waals surface area contributed by atoms with Gasteiger partial charge in [0.25, 0.3) is 0 Å². The van der Waals surface area contributed by atoms with E-state index in [1.807, 2.05) is 31.2 Å². The summed E-state index contributed by atoms with van der Waals surface area (Å²) >= 11 is 0. The first-order valence-electron chi connectivity index (χ1n) is 6.80. The summed E-state index contributed by atoms with van der Waals surface area (Å²) in [5.74, 6) is 0. The molecule has 0 bridgehead atoms. The van der Waals surface area contributed by atoms with Gasteiger partial charge in [0.1, 0.15) is 0 Å². The Morgan fingerprint density at radius 3 is 2.74 bits per heavy atom. The number of carbonyl (C=O) groups excluding carboxylic acids is 1. The topological polar surface area (TPSA) is 52.6 Å². The Kier molecular flexibility index (Phi) is 4.10. The highest BCUT2D eigenvalue weighted by atomic mass is 16.3. The lowest BCUT2D eigenvalue weighted by Gasteiger charge is -2.28. The van der Waals surface area contributed by atoms with Crippen LogP contribution in [0.1, 0.15) is 31.2 Å². The van der Waals surface area contributed by atoms with Gasteiger partial charge >= 0.3 is 6.03 Å². The van der Waals surface area contributed by atoms with E-state index in [2.05, 4.69) is 5.32 Å². The zero-order valence-corrected chi connectivity index (χ0v) is 11.6. The highest BCUT2D eigenvalue weighted by Gasteiger charge is 2.33. The molecule has 0 heterocycles. The van der Waals surface area contributed by atoms with Gasteiger partial charge in [0.2, 0.25) is 0 Å². The molecule has 1 aliphatic rings. The number of likely N-dealkylation sites (N-methyl/N-ethyl adjacent to an activating group) is 1. The minimum Gasteiger partial charge on any atom is -0.388 e. The van der Waals surface area contributed by atoms with Crippen molar-refractivity contribution in [1.82, 2.24) is 4.90 Å². The van der Waals surface area contributed by atoms with Crippen LogP contribution in [-0.4, -0.2) is 35.2 Å². The molecule has 0 atom stereocenters. The van der Waals surface area contributed by atoms with Gasteiger partial charge in [0.05, 0.1) is 12.1 Å². The first-order chi connectivity index (χ1) is 8.98. The normalized spacial score (nSPS) is 17.2. The van der Waals surface area contributed by atoms with Crippen LogP contribution in [0.5, 0.6) is 0 Å². The molecule has 1 saturated carbocycles. The van der Waals surface area contributed by atoms with Crippen LogP contribution in [0.2, 0.25) is 0 Å². The van der Waals surface area contributed by atoms with Crippen molar-refractivity contribution in [1.29, 1.82) is 0 Å². The number of nitrogens with zero attached hydrogens (tertiary/aromatic N) is 1. The second kappa shape index (κ2) is 5.61. The summed E-state index contributed by atoms with van der Waals surface area (Å²) < 4.78 is 0. The molecule has 4 heteroatoms. The summed E-state index contributed by atoms with van der Waals surface area (Å²) in [4.78, 5) is 13.6. The fourth-order valence-electron chi connectivity index (χ4n) is 2.65. The summed E-state index contributed by atoms with van der Waals surface area (Å²) in [5.41, 5.74) is 1.20. The van der Waals surface area contributed by atoms with E-state index < -0.39 is 5.60 Å². The summed E-state index contributed by atoms with van der Waals surface area (Å²) in [6, 6.07) is 7.51. The Balaban J connectivity index is 1.92.